The molecule has 37 heavy (non-hydrogen) atoms. The van der Waals surface area contributed by atoms with E-state index in [1.54, 1.807) is 0 Å². The van der Waals surface area contributed by atoms with Gasteiger partial charge in [-0.15, -0.1) is 0 Å². The van der Waals surface area contributed by atoms with Crippen LogP contribution in [0.3, 0.4) is 0 Å². The van der Waals surface area contributed by atoms with Crippen LogP contribution < -0.4 is 19.1 Å². The second-order valence-corrected chi connectivity index (χ2v) is 10.3. The molecule has 1 aromatic carbocycles. The molecule has 0 unspecified atom stereocenters. The SMILES string of the molecule is COc1cncc(S(=O)(=O)N2C[C@H](CCC(=O)O)Oc3ccc(NC(=O)OC(C)(C)C(F)(F)F)cc32)c1. The monoisotopic (exact) mass is 547 g/mol. The number of aromatic nitrogens is 1. The molecule has 1 aliphatic rings. The predicted octanol–water partition coefficient (Wildman–Crippen LogP) is 3.80. The Bertz CT molecular complexity index is 1280. The number of hydrogen-bond acceptors (Lipinski definition) is 8. The Balaban J connectivity index is 1.97. The smallest absolute Gasteiger partial charge is 0.427 e. The zero-order valence-electron chi connectivity index (χ0n) is 19.9. The molecule has 0 fully saturated rings. The highest BCUT2D eigenvalue weighted by molar-refractivity contribution is 7.92. The van der Waals surface area contributed by atoms with Gasteiger partial charge in [0.1, 0.15) is 22.5 Å². The van der Waals surface area contributed by atoms with Gasteiger partial charge in [0.2, 0.25) is 5.60 Å². The zero-order chi connectivity index (χ0) is 27.6. The number of amides is 1. The minimum absolute atomic E-state index is 0.00396. The lowest BCUT2D eigenvalue weighted by Gasteiger charge is -2.35. The lowest BCUT2D eigenvalue weighted by molar-refractivity contribution is -0.242. The van der Waals surface area contributed by atoms with Crippen molar-refractivity contribution in [1.29, 1.82) is 0 Å². The highest BCUT2D eigenvalue weighted by Gasteiger charge is 2.51. The Morgan fingerprint density at radius 3 is 2.57 bits per heavy atom. The van der Waals surface area contributed by atoms with Crippen molar-refractivity contribution in [2.75, 3.05) is 23.3 Å². The molecule has 1 amide bonds. The van der Waals surface area contributed by atoms with Crippen LogP contribution in [0.4, 0.5) is 29.3 Å². The van der Waals surface area contributed by atoms with Gasteiger partial charge in [0.15, 0.2) is 0 Å². The van der Waals surface area contributed by atoms with Crippen molar-refractivity contribution in [3.63, 3.8) is 0 Å². The molecule has 0 aliphatic carbocycles. The number of pyridine rings is 1. The molecular weight excluding hydrogens is 523 g/mol. The minimum atomic E-state index is -4.82. The Hall–Kier alpha value is -3.75. The fourth-order valence-corrected chi connectivity index (χ4v) is 4.74. The second-order valence-electron chi connectivity index (χ2n) is 8.47. The molecule has 0 radical (unpaired) electrons. The van der Waals surface area contributed by atoms with E-state index in [-0.39, 0.29) is 47.2 Å². The van der Waals surface area contributed by atoms with E-state index >= 15 is 0 Å². The Morgan fingerprint density at radius 2 is 1.95 bits per heavy atom. The van der Waals surface area contributed by atoms with Gasteiger partial charge in [-0.1, -0.05) is 0 Å². The summed E-state index contributed by atoms with van der Waals surface area (Å²) >= 11 is 0. The van der Waals surface area contributed by atoms with E-state index in [1.807, 2.05) is 0 Å². The maximum Gasteiger partial charge on any atom is 0.427 e. The number of carboxylic acid groups (broad SMARTS) is 1. The molecule has 0 saturated heterocycles. The Labute approximate surface area is 210 Å². The molecule has 0 spiro atoms. The highest BCUT2D eigenvalue weighted by atomic mass is 32.2. The van der Waals surface area contributed by atoms with Crippen LogP contribution in [0.1, 0.15) is 26.7 Å². The van der Waals surface area contributed by atoms with Crippen LogP contribution in [-0.2, 0) is 19.6 Å². The molecule has 2 aromatic rings. The summed E-state index contributed by atoms with van der Waals surface area (Å²) < 4.78 is 82.5. The molecule has 2 N–H and O–H groups in total. The number of anilines is 2. The first-order valence-electron chi connectivity index (χ1n) is 10.7. The summed E-state index contributed by atoms with van der Waals surface area (Å²) in [7, 11) is -2.97. The van der Waals surface area contributed by atoms with Crippen molar-refractivity contribution in [2.24, 2.45) is 0 Å². The highest BCUT2D eigenvalue weighted by Crippen LogP contribution is 2.40. The third kappa shape index (κ3) is 6.34. The normalized spacial score (nSPS) is 15.8. The fourth-order valence-electron chi connectivity index (χ4n) is 3.26. The largest absolute Gasteiger partial charge is 0.495 e. The third-order valence-corrected chi connectivity index (χ3v) is 7.10. The van der Waals surface area contributed by atoms with Gasteiger partial charge in [0.05, 0.1) is 25.5 Å². The predicted molar refractivity (Wildman–Crippen MR) is 123 cm³/mol. The molecule has 3 rings (SSSR count). The first kappa shape index (κ1) is 27.8. The minimum Gasteiger partial charge on any atom is -0.495 e. The summed E-state index contributed by atoms with van der Waals surface area (Å²) in [6.07, 6.45) is -4.95. The van der Waals surface area contributed by atoms with Crippen molar-refractivity contribution in [1.82, 2.24) is 4.98 Å². The number of nitrogens with zero attached hydrogens (tertiary/aromatic N) is 2. The fraction of sp³-hybridized carbons (Fsp3) is 0.409. The number of ether oxygens (including phenoxy) is 3. The quantitative estimate of drug-likeness (QED) is 0.504. The summed E-state index contributed by atoms with van der Waals surface area (Å²) in [5.74, 6) is -0.876. The van der Waals surface area contributed by atoms with E-state index in [1.165, 1.54) is 37.6 Å². The van der Waals surface area contributed by atoms with Crippen LogP contribution in [0.2, 0.25) is 0 Å². The van der Waals surface area contributed by atoms with Crippen LogP contribution in [-0.4, -0.2) is 62.1 Å². The van der Waals surface area contributed by atoms with Crippen LogP contribution >= 0.6 is 0 Å². The number of aliphatic carboxylic acids is 1. The summed E-state index contributed by atoms with van der Waals surface area (Å²) in [5.41, 5.74) is -2.89. The maximum atomic E-state index is 13.6. The van der Waals surface area contributed by atoms with Gasteiger partial charge in [0, 0.05) is 24.4 Å². The van der Waals surface area contributed by atoms with Crippen LogP contribution in [0.25, 0.3) is 0 Å². The number of carbonyl (C=O) groups excluding carboxylic acids is 1. The van der Waals surface area contributed by atoms with Gasteiger partial charge in [0.25, 0.3) is 10.0 Å². The number of carboxylic acids is 1. The number of carbonyl (C=O) groups is 2. The van der Waals surface area contributed by atoms with E-state index in [2.05, 4.69) is 15.0 Å². The van der Waals surface area contributed by atoms with Gasteiger partial charge in [-0.25, -0.2) is 13.2 Å². The van der Waals surface area contributed by atoms with Crippen molar-refractivity contribution >= 4 is 33.5 Å². The third-order valence-electron chi connectivity index (χ3n) is 5.36. The molecule has 2 heterocycles. The molecule has 0 saturated carbocycles. The average Bonchev–Trinajstić information content (AvgIpc) is 2.81. The van der Waals surface area contributed by atoms with Crippen LogP contribution in [0.15, 0.2) is 41.6 Å². The van der Waals surface area contributed by atoms with E-state index in [0.717, 1.165) is 10.5 Å². The van der Waals surface area contributed by atoms with Gasteiger partial charge in [-0.05, 0) is 38.5 Å². The van der Waals surface area contributed by atoms with Gasteiger partial charge in [-0.3, -0.25) is 19.4 Å². The summed E-state index contributed by atoms with van der Waals surface area (Å²) in [4.78, 5) is 26.8. The molecule has 1 aromatic heterocycles. The van der Waals surface area contributed by atoms with E-state index in [4.69, 9.17) is 14.6 Å². The van der Waals surface area contributed by atoms with Crippen molar-refractivity contribution in [3.05, 3.63) is 36.7 Å². The Kier molecular flexibility index (Phi) is 7.76. The second kappa shape index (κ2) is 10.3. The summed E-state index contributed by atoms with van der Waals surface area (Å²) in [6.45, 7) is 1.08. The first-order valence-corrected chi connectivity index (χ1v) is 12.2. The standard InChI is InChI=1S/C22H24F3N3O8S/c1-21(2,22(23,24)25)36-20(31)27-13-4-6-18-17(8-13)28(12-14(35-18)5-7-19(29)30)37(32,33)16-9-15(34-3)10-26-11-16/h4,6,8-11,14H,5,7,12H2,1-3H3,(H,27,31)(H,29,30)/t14-/m0/s1. The van der Waals surface area contributed by atoms with Crippen molar-refractivity contribution < 1.29 is 50.5 Å². The number of nitrogens with one attached hydrogen (secondary N) is 1. The molecule has 0 bridgehead atoms. The lowest BCUT2D eigenvalue weighted by Crippen LogP contribution is -2.44. The molecule has 11 nitrogen and oxygen atoms in total. The van der Waals surface area contributed by atoms with Gasteiger partial charge in [-0.2, -0.15) is 13.2 Å². The summed E-state index contributed by atoms with van der Waals surface area (Å²) in [5, 5.41) is 11.2. The maximum absolute atomic E-state index is 13.6. The van der Waals surface area contributed by atoms with Crippen molar-refractivity contribution in [3.8, 4) is 11.5 Å². The van der Waals surface area contributed by atoms with Gasteiger partial charge < -0.3 is 19.3 Å². The number of fused-ring (bicyclic) bond motifs is 1. The lowest BCUT2D eigenvalue weighted by atomic mass is 10.1. The number of methoxy groups -OCH3 is 1. The summed E-state index contributed by atoms with van der Waals surface area (Å²) in [6, 6.07) is 5.01. The number of sulfonamides is 1. The average molecular weight is 548 g/mol. The molecule has 1 atom stereocenters. The molecule has 15 heteroatoms. The zero-order valence-corrected chi connectivity index (χ0v) is 20.7. The Morgan fingerprint density at radius 1 is 1.24 bits per heavy atom. The van der Waals surface area contributed by atoms with Crippen LogP contribution in [0, 0.1) is 0 Å². The molecular formula is C22H24F3N3O8S. The van der Waals surface area contributed by atoms with Crippen LogP contribution in [0.5, 0.6) is 11.5 Å². The van der Waals surface area contributed by atoms with E-state index in [0.29, 0.717) is 13.8 Å². The number of halogens is 3. The molecule has 1 aliphatic heterocycles. The topological polar surface area (TPSA) is 144 Å². The number of alkyl halides is 3. The van der Waals surface area contributed by atoms with E-state index < -0.39 is 40.0 Å². The van der Waals surface area contributed by atoms with E-state index in [9.17, 15) is 31.2 Å². The molecule has 202 valence electrons. The number of benzene rings is 1. The van der Waals surface area contributed by atoms with Crippen molar-refractivity contribution in [2.45, 2.75) is 49.5 Å². The number of rotatable bonds is 8. The van der Waals surface area contributed by atoms with Gasteiger partial charge >= 0.3 is 18.2 Å². The first-order chi connectivity index (χ1) is 17.1. The number of hydrogen-bond donors (Lipinski definition) is 2.